The molecule has 0 saturated carbocycles. The zero-order chi connectivity index (χ0) is 13.8. The number of anilines is 1. The van der Waals surface area contributed by atoms with Crippen LogP contribution in [-0.2, 0) is 0 Å². The molecule has 1 aromatic carbocycles. The van der Waals surface area contributed by atoms with E-state index in [-0.39, 0.29) is 10.6 Å². The van der Waals surface area contributed by atoms with E-state index in [1.165, 1.54) is 0 Å². The molecule has 1 heterocycles. The monoisotopic (exact) mass is 259 g/mol. The van der Waals surface area contributed by atoms with Gasteiger partial charge in [-0.3, -0.25) is 15.0 Å². The summed E-state index contributed by atoms with van der Waals surface area (Å²) in [6.45, 7) is 5.73. The zero-order valence-electron chi connectivity index (χ0n) is 11.0. The summed E-state index contributed by atoms with van der Waals surface area (Å²) in [6, 6.07) is 5.38. The standard InChI is InChI=1S/C14H17N3O2/c1-3-6-15-7-9-16(10-8-15)13-5-4-12(2)11-14(13)17(18)19/h1,4-5,11H,6-10H2,2H3. The highest BCUT2D eigenvalue weighted by Crippen LogP contribution is 2.29. The average Bonchev–Trinajstić information content (AvgIpc) is 2.40. The van der Waals surface area contributed by atoms with Crippen LogP contribution < -0.4 is 4.90 Å². The topological polar surface area (TPSA) is 49.6 Å². The van der Waals surface area contributed by atoms with Crippen LogP contribution in [0.3, 0.4) is 0 Å². The first-order chi connectivity index (χ1) is 9.11. The van der Waals surface area contributed by atoms with Crippen LogP contribution in [0.25, 0.3) is 0 Å². The Kier molecular flexibility index (Phi) is 4.03. The number of benzene rings is 1. The molecule has 1 fully saturated rings. The molecule has 1 saturated heterocycles. The van der Waals surface area contributed by atoms with Gasteiger partial charge in [-0.2, -0.15) is 0 Å². The lowest BCUT2D eigenvalue weighted by atomic mass is 10.1. The van der Waals surface area contributed by atoms with Crippen molar-refractivity contribution in [2.75, 3.05) is 37.6 Å². The van der Waals surface area contributed by atoms with E-state index < -0.39 is 0 Å². The highest BCUT2D eigenvalue weighted by molar-refractivity contribution is 5.64. The molecule has 0 amide bonds. The Morgan fingerprint density at radius 3 is 2.63 bits per heavy atom. The van der Waals surface area contributed by atoms with E-state index in [0.717, 1.165) is 31.7 Å². The number of nitro groups is 1. The second-order valence-corrected chi connectivity index (χ2v) is 4.72. The summed E-state index contributed by atoms with van der Waals surface area (Å²) in [7, 11) is 0. The molecule has 0 aliphatic carbocycles. The average molecular weight is 259 g/mol. The molecular weight excluding hydrogens is 242 g/mol. The lowest BCUT2D eigenvalue weighted by Crippen LogP contribution is -2.46. The molecule has 2 rings (SSSR count). The molecule has 1 aromatic rings. The Morgan fingerprint density at radius 2 is 2.05 bits per heavy atom. The summed E-state index contributed by atoms with van der Waals surface area (Å²) in [5.74, 6) is 2.63. The minimum absolute atomic E-state index is 0.186. The highest BCUT2D eigenvalue weighted by Gasteiger charge is 2.23. The van der Waals surface area contributed by atoms with Gasteiger partial charge >= 0.3 is 0 Å². The lowest BCUT2D eigenvalue weighted by Gasteiger charge is -2.34. The summed E-state index contributed by atoms with van der Waals surface area (Å²) >= 11 is 0. The first kappa shape index (κ1) is 13.4. The quantitative estimate of drug-likeness (QED) is 0.470. The van der Waals surface area contributed by atoms with Crippen molar-refractivity contribution in [3.8, 4) is 12.3 Å². The molecule has 0 atom stereocenters. The first-order valence-electron chi connectivity index (χ1n) is 6.27. The fourth-order valence-corrected chi connectivity index (χ4v) is 2.32. The van der Waals surface area contributed by atoms with Crippen molar-refractivity contribution in [1.29, 1.82) is 0 Å². The second kappa shape index (κ2) is 5.72. The van der Waals surface area contributed by atoms with E-state index in [0.29, 0.717) is 12.2 Å². The summed E-state index contributed by atoms with van der Waals surface area (Å²) in [5.41, 5.74) is 1.79. The molecule has 5 heteroatoms. The third-order valence-electron chi connectivity index (χ3n) is 3.36. The molecule has 0 unspecified atom stereocenters. The van der Waals surface area contributed by atoms with Crippen LogP contribution in [0.5, 0.6) is 0 Å². The zero-order valence-corrected chi connectivity index (χ0v) is 11.0. The maximum absolute atomic E-state index is 11.1. The minimum Gasteiger partial charge on any atom is -0.363 e. The van der Waals surface area contributed by atoms with Gasteiger partial charge in [0.15, 0.2) is 0 Å². The van der Waals surface area contributed by atoms with Gasteiger partial charge < -0.3 is 4.90 Å². The van der Waals surface area contributed by atoms with E-state index in [9.17, 15) is 10.1 Å². The van der Waals surface area contributed by atoms with E-state index in [2.05, 4.69) is 15.7 Å². The van der Waals surface area contributed by atoms with Crippen molar-refractivity contribution in [2.24, 2.45) is 0 Å². The molecule has 5 nitrogen and oxygen atoms in total. The largest absolute Gasteiger partial charge is 0.363 e. The van der Waals surface area contributed by atoms with E-state index >= 15 is 0 Å². The van der Waals surface area contributed by atoms with Gasteiger partial charge in [0.05, 0.1) is 11.5 Å². The lowest BCUT2D eigenvalue weighted by molar-refractivity contribution is -0.384. The molecule has 0 spiro atoms. The van der Waals surface area contributed by atoms with E-state index in [4.69, 9.17) is 6.42 Å². The number of aryl methyl sites for hydroxylation is 1. The van der Waals surface area contributed by atoms with Gasteiger partial charge in [0, 0.05) is 32.2 Å². The molecule has 19 heavy (non-hydrogen) atoms. The van der Waals surface area contributed by atoms with Crippen molar-refractivity contribution in [2.45, 2.75) is 6.92 Å². The number of nitro benzene ring substituents is 1. The molecule has 0 aromatic heterocycles. The molecule has 0 N–H and O–H groups in total. The first-order valence-corrected chi connectivity index (χ1v) is 6.27. The molecule has 100 valence electrons. The Hall–Kier alpha value is -2.06. The van der Waals surface area contributed by atoms with Crippen molar-refractivity contribution in [3.63, 3.8) is 0 Å². The second-order valence-electron chi connectivity index (χ2n) is 4.72. The van der Waals surface area contributed by atoms with Gasteiger partial charge in [-0.25, -0.2) is 0 Å². The van der Waals surface area contributed by atoms with Gasteiger partial charge in [-0.15, -0.1) is 6.42 Å². The van der Waals surface area contributed by atoms with Crippen molar-refractivity contribution in [1.82, 2.24) is 4.90 Å². The van der Waals surface area contributed by atoms with Crippen LogP contribution in [0.15, 0.2) is 18.2 Å². The number of piperazine rings is 1. The van der Waals surface area contributed by atoms with Gasteiger partial charge in [0.25, 0.3) is 5.69 Å². The third kappa shape index (κ3) is 3.04. The molecule has 1 aliphatic heterocycles. The van der Waals surface area contributed by atoms with Gasteiger partial charge in [0.1, 0.15) is 5.69 Å². The Labute approximate surface area is 113 Å². The van der Waals surface area contributed by atoms with Gasteiger partial charge in [-0.1, -0.05) is 12.0 Å². The Morgan fingerprint density at radius 1 is 1.37 bits per heavy atom. The highest BCUT2D eigenvalue weighted by atomic mass is 16.6. The number of hydrogen-bond donors (Lipinski definition) is 0. The summed E-state index contributed by atoms with van der Waals surface area (Å²) in [4.78, 5) is 15.1. The summed E-state index contributed by atoms with van der Waals surface area (Å²) in [5, 5.41) is 11.1. The molecular formula is C14H17N3O2. The van der Waals surface area contributed by atoms with Gasteiger partial charge in [0.2, 0.25) is 0 Å². The summed E-state index contributed by atoms with van der Waals surface area (Å²) < 4.78 is 0. The number of rotatable bonds is 3. The predicted octanol–water partition coefficient (Wildman–Crippen LogP) is 1.66. The SMILES string of the molecule is C#CCN1CCN(c2ccc(C)cc2[N+](=O)[O-])CC1. The van der Waals surface area contributed by atoms with Crippen LogP contribution >= 0.6 is 0 Å². The van der Waals surface area contributed by atoms with Crippen molar-refractivity contribution < 1.29 is 4.92 Å². The fourth-order valence-electron chi connectivity index (χ4n) is 2.32. The van der Waals surface area contributed by atoms with Crippen LogP contribution in [0.1, 0.15) is 5.56 Å². The van der Waals surface area contributed by atoms with Crippen LogP contribution in [0.4, 0.5) is 11.4 Å². The van der Waals surface area contributed by atoms with Crippen LogP contribution in [-0.4, -0.2) is 42.5 Å². The van der Waals surface area contributed by atoms with Crippen molar-refractivity contribution >= 4 is 11.4 Å². The maximum atomic E-state index is 11.1. The Bertz CT molecular complexity index is 514. The predicted molar refractivity (Wildman–Crippen MR) is 75.3 cm³/mol. The minimum atomic E-state index is -0.309. The molecule has 1 aliphatic rings. The number of terminal acetylenes is 1. The van der Waals surface area contributed by atoms with Gasteiger partial charge in [-0.05, 0) is 18.6 Å². The maximum Gasteiger partial charge on any atom is 0.292 e. The normalized spacial score (nSPS) is 16.1. The van der Waals surface area contributed by atoms with Crippen LogP contribution in [0, 0.1) is 29.4 Å². The molecule has 0 radical (unpaired) electrons. The number of hydrogen-bond acceptors (Lipinski definition) is 4. The molecule has 0 bridgehead atoms. The Balaban J connectivity index is 2.16. The fraction of sp³-hybridized carbons (Fsp3) is 0.429. The number of nitrogens with zero attached hydrogens (tertiary/aromatic N) is 3. The third-order valence-corrected chi connectivity index (χ3v) is 3.36. The smallest absolute Gasteiger partial charge is 0.292 e. The van der Waals surface area contributed by atoms with E-state index in [1.807, 2.05) is 19.1 Å². The van der Waals surface area contributed by atoms with Crippen LogP contribution in [0.2, 0.25) is 0 Å². The van der Waals surface area contributed by atoms with Crippen molar-refractivity contribution in [3.05, 3.63) is 33.9 Å². The van der Waals surface area contributed by atoms with E-state index in [1.54, 1.807) is 6.07 Å². The summed E-state index contributed by atoms with van der Waals surface area (Å²) in [6.07, 6.45) is 5.29.